The van der Waals surface area contributed by atoms with Crippen molar-refractivity contribution in [1.82, 2.24) is 9.88 Å². The van der Waals surface area contributed by atoms with Gasteiger partial charge >= 0.3 is 0 Å². The second kappa shape index (κ2) is 5.88. The van der Waals surface area contributed by atoms with Gasteiger partial charge in [0, 0.05) is 19.3 Å². The molecule has 0 aliphatic carbocycles. The minimum atomic E-state index is -0.0407. The fourth-order valence-electron chi connectivity index (χ4n) is 2.93. The number of anilines is 1. The highest BCUT2D eigenvalue weighted by Gasteiger charge is 2.40. The molecule has 6 nitrogen and oxygen atoms in total. The Labute approximate surface area is 127 Å². The second-order valence-electron chi connectivity index (χ2n) is 5.20. The van der Waals surface area contributed by atoms with Gasteiger partial charge in [0.05, 0.1) is 30.9 Å². The third-order valence-electron chi connectivity index (χ3n) is 3.88. The van der Waals surface area contributed by atoms with Gasteiger partial charge in [-0.2, -0.15) is 5.26 Å². The fraction of sp³-hybridized carbons (Fsp3) is 0.500. The van der Waals surface area contributed by atoms with Gasteiger partial charge in [-0.3, -0.25) is 4.79 Å². The molecule has 0 N–H and O–H groups in total. The van der Waals surface area contributed by atoms with Crippen LogP contribution in [0.15, 0.2) is 18.3 Å². The Balaban J connectivity index is 1.83. The predicted molar refractivity (Wildman–Crippen MR) is 77.1 cm³/mol. The standard InChI is InChI=1S/C14H15ClN4O2/c15-3-14(20)18-6-11-8-21-9-12(7-18)19(11)13-2-1-10(4-16)5-17-13/h1-2,5,11-12H,3,6-9H2. The van der Waals surface area contributed by atoms with Gasteiger partial charge in [0.2, 0.25) is 5.91 Å². The minimum Gasteiger partial charge on any atom is -0.377 e. The molecule has 110 valence electrons. The molecule has 0 spiro atoms. The van der Waals surface area contributed by atoms with Crippen LogP contribution in [0.2, 0.25) is 0 Å². The van der Waals surface area contributed by atoms with Crippen molar-refractivity contribution < 1.29 is 9.53 Å². The first-order valence-corrected chi connectivity index (χ1v) is 7.32. The summed E-state index contributed by atoms with van der Waals surface area (Å²) >= 11 is 5.65. The number of ether oxygens (including phenoxy) is 1. The molecule has 3 rings (SSSR count). The quantitative estimate of drug-likeness (QED) is 0.749. The number of alkyl halides is 1. The first-order valence-electron chi connectivity index (χ1n) is 6.79. The highest BCUT2D eigenvalue weighted by molar-refractivity contribution is 6.27. The van der Waals surface area contributed by atoms with Gasteiger partial charge in [-0.1, -0.05) is 0 Å². The molecule has 2 aliphatic rings. The Kier molecular flexibility index (Phi) is 3.95. The SMILES string of the molecule is N#Cc1ccc(N2C3COCC2CN(C(=O)CCl)C3)nc1. The van der Waals surface area contributed by atoms with Crippen molar-refractivity contribution >= 4 is 23.3 Å². The van der Waals surface area contributed by atoms with E-state index >= 15 is 0 Å². The fourth-order valence-corrected chi connectivity index (χ4v) is 3.10. The summed E-state index contributed by atoms with van der Waals surface area (Å²) in [5, 5.41) is 8.84. The van der Waals surface area contributed by atoms with Crippen molar-refractivity contribution in [2.24, 2.45) is 0 Å². The number of nitrogens with zero attached hydrogens (tertiary/aromatic N) is 4. The number of nitriles is 1. The molecule has 2 aliphatic heterocycles. The van der Waals surface area contributed by atoms with E-state index in [0.29, 0.717) is 31.9 Å². The predicted octanol–water partition coefficient (Wildman–Crippen LogP) is 0.608. The van der Waals surface area contributed by atoms with Crippen LogP contribution in [0.3, 0.4) is 0 Å². The van der Waals surface area contributed by atoms with Crippen LogP contribution in [0.1, 0.15) is 5.56 Å². The second-order valence-corrected chi connectivity index (χ2v) is 5.47. The number of morpholine rings is 1. The minimum absolute atomic E-state index is 0.00934. The average molecular weight is 307 g/mol. The molecule has 1 aromatic heterocycles. The van der Waals surface area contributed by atoms with Gasteiger partial charge in [-0.25, -0.2) is 4.98 Å². The third kappa shape index (κ3) is 2.67. The van der Waals surface area contributed by atoms with E-state index in [1.807, 2.05) is 6.07 Å². The molecule has 0 radical (unpaired) electrons. The lowest BCUT2D eigenvalue weighted by Gasteiger charge is -2.50. The van der Waals surface area contributed by atoms with E-state index in [4.69, 9.17) is 21.6 Å². The molecule has 3 heterocycles. The first kappa shape index (κ1) is 14.1. The lowest BCUT2D eigenvalue weighted by molar-refractivity contribution is -0.131. The number of rotatable bonds is 2. The zero-order valence-corrected chi connectivity index (χ0v) is 12.2. The van der Waals surface area contributed by atoms with E-state index in [-0.39, 0.29) is 23.9 Å². The number of carbonyl (C=O) groups excluding carboxylic acids is 1. The van der Waals surface area contributed by atoms with Crippen molar-refractivity contribution in [3.8, 4) is 6.07 Å². The van der Waals surface area contributed by atoms with Crippen LogP contribution in [0.4, 0.5) is 5.82 Å². The Morgan fingerprint density at radius 2 is 2.14 bits per heavy atom. The summed E-state index contributed by atoms with van der Waals surface area (Å²) in [6.45, 7) is 2.29. The smallest absolute Gasteiger partial charge is 0.237 e. The van der Waals surface area contributed by atoms with E-state index in [0.717, 1.165) is 5.82 Å². The van der Waals surface area contributed by atoms with E-state index < -0.39 is 0 Å². The molecule has 1 amide bonds. The number of piperazine rings is 1. The topological polar surface area (TPSA) is 69.5 Å². The molecule has 1 aromatic rings. The summed E-state index contributed by atoms with van der Waals surface area (Å²) in [4.78, 5) is 20.2. The van der Waals surface area contributed by atoms with Crippen LogP contribution in [-0.2, 0) is 9.53 Å². The monoisotopic (exact) mass is 306 g/mol. The Morgan fingerprint density at radius 1 is 1.43 bits per heavy atom. The van der Waals surface area contributed by atoms with Gasteiger partial charge in [-0.05, 0) is 12.1 Å². The van der Waals surface area contributed by atoms with Crippen LogP contribution in [-0.4, -0.2) is 60.1 Å². The van der Waals surface area contributed by atoms with E-state index in [2.05, 4.69) is 16.0 Å². The molecular weight excluding hydrogens is 292 g/mol. The van der Waals surface area contributed by atoms with Gasteiger partial charge < -0.3 is 14.5 Å². The maximum Gasteiger partial charge on any atom is 0.237 e. The number of halogens is 1. The van der Waals surface area contributed by atoms with Crippen molar-refractivity contribution in [2.45, 2.75) is 12.1 Å². The molecule has 2 atom stereocenters. The molecule has 2 bridgehead atoms. The average Bonchev–Trinajstić information content (AvgIpc) is 2.53. The molecule has 2 unspecified atom stereocenters. The van der Waals surface area contributed by atoms with Crippen LogP contribution in [0.25, 0.3) is 0 Å². The van der Waals surface area contributed by atoms with Gasteiger partial charge in [0.25, 0.3) is 0 Å². The highest BCUT2D eigenvalue weighted by atomic mass is 35.5. The molecule has 0 aromatic carbocycles. The maximum atomic E-state index is 11.8. The van der Waals surface area contributed by atoms with Gasteiger partial charge in [-0.15, -0.1) is 11.6 Å². The van der Waals surface area contributed by atoms with Crippen molar-refractivity contribution in [3.63, 3.8) is 0 Å². The number of fused-ring (bicyclic) bond motifs is 2. The Hall–Kier alpha value is -1.84. The van der Waals surface area contributed by atoms with Crippen LogP contribution in [0, 0.1) is 11.3 Å². The van der Waals surface area contributed by atoms with Crippen molar-refractivity contribution in [1.29, 1.82) is 5.26 Å². The number of pyridine rings is 1. The normalized spacial score (nSPS) is 24.6. The number of amides is 1. The molecule has 0 saturated carbocycles. The van der Waals surface area contributed by atoms with Crippen LogP contribution in [0.5, 0.6) is 0 Å². The lowest BCUT2D eigenvalue weighted by Crippen LogP contribution is -2.66. The van der Waals surface area contributed by atoms with Gasteiger partial charge in [0.1, 0.15) is 17.8 Å². The largest absolute Gasteiger partial charge is 0.377 e. The molecule has 7 heteroatoms. The summed E-state index contributed by atoms with van der Waals surface area (Å²) in [5.41, 5.74) is 0.538. The number of carbonyl (C=O) groups is 1. The molecule has 2 saturated heterocycles. The summed E-state index contributed by atoms with van der Waals surface area (Å²) < 4.78 is 5.60. The number of aromatic nitrogens is 1. The highest BCUT2D eigenvalue weighted by Crippen LogP contribution is 2.27. The Bertz CT molecular complexity index is 557. The molecule has 2 fully saturated rings. The lowest BCUT2D eigenvalue weighted by atomic mass is 10.0. The summed E-state index contributed by atoms with van der Waals surface area (Å²) in [5.74, 6) is 0.793. The molecule has 21 heavy (non-hydrogen) atoms. The summed E-state index contributed by atoms with van der Waals surface area (Å²) in [6, 6.07) is 5.82. The summed E-state index contributed by atoms with van der Waals surface area (Å²) in [6.07, 6.45) is 1.57. The van der Waals surface area contributed by atoms with Crippen molar-refractivity contribution in [3.05, 3.63) is 23.9 Å². The van der Waals surface area contributed by atoms with E-state index in [1.54, 1.807) is 17.2 Å². The van der Waals surface area contributed by atoms with Crippen LogP contribution >= 0.6 is 11.6 Å². The van der Waals surface area contributed by atoms with Gasteiger partial charge in [0.15, 0.2) is 0 Å². The Morgan fingerprint density at radius 3 is 2.67 bits per heavy atom. The summed E-state index contributed by atoms with van der Waals surface area (Å²) in [7, 11) is 0. The van der Waals surface area contributed by atoms with E-state index in [1.165, 1.54) is 0 Å². The number of hydrogen-bond donors (Lipinski definition) is 0. The zero-order valence-electron chi connectivity index (χ0n) is 11.4. The first-order chi connectivity index (χ1) is 10.2. The number of hydrogen-bond acceptors (Lipinski definition) is 5. The van der Waals surface area contributed by atoms with E-state index in [9.17, 15) is 4.79 Å². The van der Waals surface area contributed by atoms with Crippen LogP contribution < -0.4 is 4.90 Å². The zero-order chi connectivity index (χ0) is 14.8. The molecular formula is C14H15ClN4O2. The maximum absolute atomic E-state index is 11.8. The van der Waals surface area contributed by atoms with Crippen molar-refractivity contribution in [2.75, 3.05) is 37.1 Å². The third-order valence-corrected chi connectivity index (χ3v) is 4.11.